The van der Waals surface area contributed by atoms with Gasteiger partial charge in [0, 0.05) is 33.5 Å². The van der Waals surface area contributed by atoms with Gasteiger partial charge in [-0.1, -0.05) is 6.92 Å². The van der Waals surface area contributed by atoms with Crippen LogP contribution in [0.3, 0.4) is 0 Å². The van der Waals surface area contributed by atoms with E-state index in [4.69, 9.17) is 0 Å². The van der Waals surface area contributed by atoms with Gasteiger partial charge in [0.2, 0.25) is 0 Å². The van der Waals surface area contributed by atoms with Crippen molar-refractivity contribution in [2.24, 2.45) is 0 Å². The summed E-state index contributed by atoms with van der Waals surface area (Å²) >= 11 is 16.8. The molecule has 0 fully saturated rings. The Bertz CT molecular complexity index is 109. The van der Waals surface area contributed by atoms with Crippen molar-refractivity contribution in [2.45, 2.75) is 17.4 Å². The molecule has 0 bridgehead atoms. The maximum absolute atomic E-state index is 4.35. The third-order valence-corrected chi connectivity index (χ3v) is 6.13. The molecule has 0 heterocycles. The Kier molecular flexibility index (Phi) is 11.7. The zero-order valence-corrected chi connectivity index (χ0v) is 12.2. The van der Waals surface area contributed by atoms with Crippen LogP contribution in [0.5, 0.6) is 0 Å². The molecule has 0 saturated carbocycles. The van der Waals surface area contributed by atoms with E-state index in [1.807, 2.05) is 23.5 Å². The molecule has 0 aromatic rings. The Morgan fingerprint density at radius 3 is 2.31 bits per heavy atom. The molecule has 0 aliphatic heterocycles. The van der Waals surface area contributed by atoms with Crippen molar-refractivity contribution in [3.8, 4) is 0 Å². The summed E-state index contributed by atoms with van der Waals surface area (Å²) in [5.74, 6) is 5.21. The molecule has 0 N–H and O–H groups in total. The van der Waals surface area contributed by atoms with Crippen LogP contribution in [0.4, 0.5) is 0 Å². The van der Waals surface area contributed by atoms with Crippen LogP contribution < -0.4 is 0 Å². The molecular formula is C8H18S5. The number of hydrogen-bond donors (Lipinski definition) is 3. The van der Waals surface area contributed by atoms with Crippen LogP contribution in [-0.2, 0) is 0 Å². The van der Waals surface area contributed by atoms with Gasteiger partial charge in [-0.05, 0) is 5.75 Å². The fourth-order valence-electron chi connectivity index (χ4n) is 0.786. The average Bonchev–Trinajstić information content (AvgIpc) is 2.16. The van der Waals surface area contributed by atoms with Gasteiger partial charge in [-0.25, -0.2) is 0 Å². The van der Waals surface area contributed by atoms with Crippen molar-refractivity contribution < 1.29 is 0 Å². The van der Waals surface area contributed by atoms with Gasteiger partial charge < -0.3 is 0 Å². The fourth-order valence-corrected chi connectivity index (χ4v) is 4.10. The quantitative estimate of drug-likeness (QED) is 0.460. The lowest BCUT2D eigenvalue weighted by Gasteiger charge is -2.17. The highest BCUT2D eigenvalue weighted by Gasteiger charge is 2.10. The molecule has 0 amide bonds. The van der Waals surface area contributed by atoms with Crippen LogP contribution in [-0.4, -0.2) is 39.3 Å². The summed E-state index contributed by atoms with van der Waals surface area (Å²) in [5, 5.41) is 1.30. The first kappa shape index (κ1) is 14.8. The molecule has 0 radical (unpaired) electrons. The summed E-state index contributed by atoms with van der Waals surface area (Å²) in [5.41, 5.74) is 0. The molecule has 0 aliphatic rings. The molecule has 0 aromatic carbocycles. The van der Waals surface area contributed by atoms with E-state index >= 15 is 0 Å². The standard InChI is InChI=1S/C8H18S5/c1-7(4-10)13-8(5-11)6-12-3-2-9/h7-11H,2-6H2,1H3. The van der Waals surface area contributed by atoms with E-state index < -0.39 is 0 Å². The van der Waals surface area contributed by atoms with Gasteiger partial charge in [0.1, 0.15) is 0 Å². The van der Waals surface area contributed by atoms with Crippen LogP contribution in [0.1, 0.15) is 6.92 Å². The Morgan fingerprint density at radius 2 is 1.85 bits per heavy atom. The van der Waals surface area contributed by atoms with Gasteiger partial charge in [0.05, 0.1) is 0 Å². The lowest BCUT2D eigenvalue weighted by molar-refractivity contribution is 1.08. The molecule has 5 heteroatoms. The monoisotopic (exact) mass is 274 g/mol. The molecule has 0 saturated heterocycles. The topological polar surface area (TPSA) is 0 Å². The maximum atomic E-state index is 4.35. The second kappa shape index (κ2) is 10.3. The minimum Gasteiger partial charge on any atom is -0.179 e. The van der Waals surface area contributed by atoms with Crippen LogP contribution in [0.15, 0.2) is 0 Å². The van der Waals surface area contributed by atoms with Crippen molar-refractivity contribution in [1.29, 1.82) is 0 Å². The zero-order chi connectivity index (χ0) is 10.1. The van der Waals surface area contributed by atoms with Crippen LogP contribution in [0, 0.1) is 0 Å². The number of hydrogen-bond acceptors (Lipinski definition) is 5. The molecule has 2 unspecified atom stereocenters. The van der Waals surface area contributed by atoms with Crippen molar-refractivity contribution in [1.82, 2.24) is 0 Å². The first-order chi connectivity index (χ1) is 6.24. The lowest BCUT2D eigenvalue weighted by Crippen LogP contribution is -2.14. The third-order valence-electron chi connectivity index (χ3n) is 1.42. The lowest BCUT2D eigenvalue weighted by atomic mass is 10.5. The second-order valence-corrected chi connectivity index (χ2v) is 6.80. The van der Waals surface area contributed by atoms with Gasteiger partial charge in [-0.3, -0.25) is 0 Å². The van der Waals surface area contributed by atoms with E-state index in [0.717, 1.165) is 23.0 Å². The Labute approximate surface area is 107 Å². The minimum atomic E-state index is 0.636. The Balaban J connectivity index is 3.50. The maximum Gasteiger partial charge on any atom is 0.0229 e. The van der Waals surface area contributed by atoms with Crippen molar-refractivity contribution in [3.63, 3.8) is 0 Å². The summed E-state index contributed by atoms with van der Waals surface area (Å²) in [6.07, 6.45) is 0. The van der Waals surface area contributed by atoms with Crippen molar-refractivity contribution in [2.75, 3.05) is 28.8 Å². The third kappa shape index (κ3) is 8.73. The molecular weight excluding hydrogens is 256 g/mol. The van der Waals surface area contributed by atoms with Gasteiger partial charge in [0.15, 0.2) is 0 Å². The summed E-state index contributed by atoms with van der Waals surface area (Å²) in [7, 11) is 0. The molecule has 0 aliphatic carbocycles. The first-order valence-corrected chi connectivity index (χ1v) is 8.29. The fraction of sp³-hybridized carbons (Fsp3) is 1.00. The summed E-state index contributed by atoms with van der Waals surface area (Å²) in [6, 6.07) is 0. The van der Waals surface area contributed by atoms with Crippen molar-refractivity contribution >= 4 is 61.4 Å². The van der Waals surface area contributed by atoms with Crippen LogP contribution >= 0.6 is 61.4 Å². The van der Waals surface area contributed by atoms with Gasteiger partial charge >= 0.3 is 0 Å². The van der Waals surface area contributed by atoms with E-state index in [9.17, 15) is 0 Å². The van der Waals surface area contributed by atoms with Crippen molar-refractivity contribution in [3.05, 3.63) is 0 Å². The van der Waals surface area contributed by atoms with E-state index in [2.05, 4.69) is 44.8 Å². The average molecular weight is 275 g/mol. The normalized spacial score (nSPS) is 15.7. The highest BCUT2D eigenvalue weighted by Crippen LogP contribution is 2.23. The molecule has 0 aromatic heterocycles. The second-order valence-electron chi connectivity index (χ2n) is 2.73. The summed E-state index contributed by atoms with van der Waals surface area (Å²) in [6.45, 7) is 2.22. The van der Waals surface area contributed by atoms with E-state index in [-0.39, 0.29) is 0 Å². The highest BCUT2D eigenvalue weighted by atomic mass is 32.2. The minimum absolute atomic E-state index is 0.636. The predicted octanol–water partition coefficient (Wildman–Crippen LogP) is 3.00. The molecule has 13 heavy (non-hydrogen) atoms. The van der Waals surface area contributed by atoms with Gasteiger partial charge in [-0.15, -0.1) is 0 Å². The zero-order valence-electron chi connectivity index (χ0n) is 7.85. The molecule has 80 valence electrons. The van der Waals surface area contributed by atoms with Gasteiger partial charge in [-0.2, -0.15) is 61.4 Å². The summed E-state index contributed by atoms with van der Waals surface area (Å²) < 4.78 is 0. The number of rotatable bonds is 8. The van der Waals surface area contributed by atoms with E-state index in [0.29, 0.717) is 10.5 Å². The highest BCUT2D eigenvalue weighted by molar-refractivity contribution is 8.04. The van der Waals surface area contributed by atoms with Gasteiger partial charge in [0.25, 0.3) is 0 Å². The largest absolute Gasteiger partial charge is 0.179 e. The van der Waals surface area contributed by atoms with Crippen LogP contribution in [0.2, 0.25) is 0 Å². The smallest absolute Gasteiger partial charge is 0.0229 e. The van der Waals surface area contributed by atoms with Crippen LogP contribution in [0.25, 0.3) is 0 Å². The molecule has 0 nitrogen and oxygen atoms in total. The number of thioether (sulfide) groups is 2. The summed E-state index contributed by atoms with van der Waals surface area (Å²) in [4.78, 5) is 0. The first-order valence-electron chi connectivity index (χ1n) is 4.30. The Morgan fingerprint density at radius 1 is 1.15 bits per heavy atom. The van der Waals surface area contributed by atoms with E-state index in [1.165, 1.54) is 5.75 Å². The molecule has 0 spiro atoms. The number of thiol groups is 3. The SMILES string of the molecule is CC(CS)SC(CS)CSCCS. The molecule has 0 rings (SSSR count). The molecule has 2 atom stereocenters. The predicted molar refractivity (Wildman–Crippen MR) is 79.7 cm³/mol. The Hall–Kier alpha value is 1.75. The van der Waals surface area contributed by atoms with E-state index in [1.54, 1.807) is 0 Å².